The molecule has 35 heavy (non-hydrogen) atoms. The van der Waals surface area contributed by atoms with E-state index in [1.165, 1.54) is 12.3 Å². The van der Waals surface area contributed by atoms with E-state index in [-0.39, 0.29) is 24.1 Å². The fourth-order valence-corrected chi connectivity index (χ4v) is 4.36. The maximum atomic E-state index is 12.7. The Morgan fingerprint density at radius 3 is 2.63 bits per heavy atom. The number of pyridine rings is 1. The van der Waals surface area contributed by atoms with Crippen LogP contribution < -0.4 is 10.6 Å². The zero-order chi connectivity index (χ0) is 24.9. The van der Waals surface area contributed by atoms with Gasteiger partial charge < -0.3 is 24.8 Å². The molecule has 186 valence electrons. The number of halogens is 2. The van der Waals surface area contributed by atoms with Crippen LogP contribution in [0.25, 0.3) is 10.9 Å². The highest BCUT2D eigenvalue weighted by Gasteiger charge is 2.26. The molecule has 0 bridgehead atoms. The number of carbonyl (C=O) groups is 2. The number of anilines is 1. The second kappa shape index (κ2) is 10.8. The summed E-state index contributed by atoms with van der Waals surface area (Å²) in [4.78, 5) is 32.0. The molecule has 1 saturated heterocycles. The third-order valence-electron chi connectivity index (χ3n) is 6.51. The van der Waals surface area contributed by atoms with E-state index in [0.717, 1.165) is 23.7 Å². The van der Waals surface area contributed by atoms with Crippen LogP contribution in [0.15, 0.2) is 48.8 Å². The number of rotatable bonds is 9. The second-order valence-corrected chi connectivity index (χ2v) is 8.67. The number of likely N-dealkylation sites (N-methyl/N-ethyl adjacent to an activating group) is 1. The zero-order valence-corrected chi connectivity index (χ0v) is 19.6. The number of amides is 2. The van der Waals surface area contributed by atoms with Crippen molar-refractivity contribution in [2.24, 2.45) is 5.73 Å². The standard InChI is InChI=1S/C25H29F2N5O3/c1-30(20-7-10-32(11-8-20)22-5-4-19(15-29-22)24(26)27)23(33)16-35-13-12-31-9-6-17-2-3-18(25(28)34)14-21(17)31/h2-6,9,14-15,20,24H,7-8,10-13,16H2,1H3,(H2,28,34). The SMILES string of the molecule is CN(C(=O)COCCn1ccc2ccc(C(N)=O)cc21)C1CCN(c2ccc(C(F)F)cn2)CC1. The average Bonchev–Trinajstić information content (AvgIpc) is 3.28. The Kier molecular flexibility index (Phi) is 7.60. The number of benzene rings is 1. The van der Waals surface area contributed by atoms with Crippen molar-refractivity contribution >= 4 is 28.5 Å². The molecule has 0 spiro atoms. The number of hydrogen-bond acceptors (Lipinski definition) is 5. The number of hydrogen-bond donors (Lipinski definition) is 1. The van der Waals surface area contributed by atoms with Gasteiger partial charge in [0.05, 0.1) is 6.61 Å². The molecule has 1 aliphatic rings. The molecule has 0 atom stereocenters. The highest BCUT2D eigenvalue weighted by atomic mass is 19.3. The van der Waals surface area contributed by atoms with Crippen molar-refractivity contribution in [2.45, 2.75) is 31.9 Å². The largest absolute Gasteiger partial charge is 0.370 e. The first-order valence-corrected chi connectivity index (χ1v) is 11.5. The molecule has 8 nitrogen and oxygen atoms in total. The summed E-state index contributed by atoms with van der Waals surface area (Å²) in [5.41, 5.74) is 6.62. The molecule has 3 heterocycles. The van der Waals surface area contributed by atoms with Crippen molar-refractivity contribution in [3.63, 3.8) is 0 Å². The van der Waals surface area contributed by atoms with Crippen molar-refractivity contribution < 1.29 is 23.1 Å². The number of nitrogens with zero attached hydrogens (tertiary/aromatic N) is 4. The Labute approximate surface area is 202 Å². The van der Waals surface area contributed by atoms with Gasteiger partial charge in [0, 0.05) is 61.8 Å². The molecule has 3 aromatic rings. The molecular formula is C25H29F2N5O3. The summed E-state index contributed by atoms with van der Waals surface area (Å²) in [5.74, 6) is 0.109. The Morgan fingerprint density at radius 1 is 1.20 bits per heavy atom. The maximum Gasteiger partial charge on any atom is 0.265 e. The van der Waals surface area contributed by atoms with Crippen molar-refractivity contribution in [3.05, 3.63) is 59.9 Å². The Bertz CT molecular complexity index is 1170. The first-order chi connectivity index (χ1) is 16.8. The van der Waals surface area contributed by atoms with Crippen LogP contribution >= 0.6 is 0 Å². The number of fused-ring (bicyclic) bond motifs is 1. The summed E-state index contributed by atoms with van der Waals surface area (Å²) in [6, 6.07) is 10.4. The molecular weight excluding hydrogens is 456 g/mol. The summed E-state index contributed by atoms with van der Waals surface area (Å²) >= 11 is 0. The molecule has 1 fully saturated rings. The van der Waals surface area contributed by atoms with E-state index >= 15 is 0 Å². The predicted molar refractivity (Wildman–Crippen MR) is 128 cm³/mol. The number of aromatic nitrogens is 2. The minimum atomic E-state index is -2.53. The van der Waals surface area contributed by atoms with Gasteiger partial charge in [0.1, 0.15) is 12.4 Å². The fraction of sp³-hybridized carbons (Fsp3) is 0.400. The molecule has 0 radical (unpaired) electrons. The van der Waals surface area contributed by atoms with Gasteiger partial charge in [-0.3, -0.25) is 9.59 Å². The van der Waals surface area contributed by atoms with Crippen LogP contribution in [0.2, 0.25) is 0 Å². The molecule has 0 saturated carbocycles. The normalized spacial score (nSPS) is 14.6. The maximum absolute atomic E-state index is 12.7. The average molecular weight is 486 g/mol. The summed E-state index contributed by atoms with van der Waals surface area (Å²) in [5, 5.41) is 0.998. The number of carbonyl (C=O) groups excluding carboxylic acids is 2. The van der Waals surface area contributed by atoms with E-state index in [1.54, 1.807) is 30.1 Å². The van der Waals surface area contributed by atoms with Crippen LogP contribution in [-0.2, 0) is 16.1 Å². The first-order valence-electron chi connectivity index (χ1n) is 11.5. The van der Waals surface area contributed by atoms with E-state index < -0.39 is 12.3 Å². The number of piperidine rings is 1. The molecule has 0 aliphatic carbocycles. The van der Waals surface area contributed by atoms with Crippen LogP contribution in [0, 0.1) is 0 Å². The summed E-state index contributed by atoms with van der Waals surface area (Å²) < 4.78 is 33.1. The lowest BCUT2D eigenvalue weighted by atomic mass is 10.0. The second-order valence-electron chi connectivity index (χ2n) is 8.67. The van der Waals surface area contributed by atoms with Gasteiger partial charge in [0.25, 0.3) is 6.43 Å². The predicted octanol–water partition coefficient (Wildman–Crippen LogP) is 3.22. The topological polar surface area (TPSA) is 93.7 Å². The van der Waals surface area contributed by atoms with Gasteiger partial charge in [-0.25, -0.2) is 13.8 Å². The molecule has 2 aromatic heterocycles. The van der Waals surface area contributed by atoms with Gasteiger partial charge in [0.2, 0.25) is 11.8 Å². The van der Waals surface area contributed by atoms with Gasteiger partial charge in [-0.1, -0.05) is 6.07 Å². The van der Waals surface area contributed by atoms with E-state index in [4.69, 9.17) is 10.5 Å². The number of ether oxygens (including phenoxy) is 1. The van der Waals surface area contributed by atoms with Crippen molar-refractivity contribution in [3.8, 4) is 0 Å². The molecule has 1 aliphatic heterocycles. The van der Waals surface area contributed by atoms with Crippen molar-refractivity contribution in [2.75, 3.05) is 38.3 Å². The van der Waals surface area contributed by atoms with Crippen LogP contribution in [0.4, 0.5) is 14.6 Å². The lowest BCUT2D eigenvalue weighted by Crippen LogP contribution is -2.46. The van der Waals surface area contributed by atoms with Gasteiger partial charge >= 0.3 is 0 Å². The summed E-state index contributed by atoms with van der Waals surface area (Å²) in [6.07, 6.45) is 2.13. The molecule has 2 N–H and O–H groups in total. The third-order valence-corrected chi connectivity index (χ3v) is 6.51. The molecule has 2 amide bonds. The van der Waals surface area contributed by atoms with Crippen LogP contribution in [0.5, 0.6) is 0 Å². The van der Waals surface area contributed by atoms with Crippen LogP contribution in [0.3, 0.4) is 0 Å². The quantitative estimate of drug-likeness (QED) is 0.470. The molecule has 1 aromatic carbocycles. The van der Waals surface area contributed by atoms with E-state index in [0.29, 0.717) is 37.6 Å². The zero-order valence-electron chi connectivity index (χ0n) is 19.6. The van der Waals surface area contributed by atoms with Gasteiger partial charge in [0.15, 0.2) is 0 Å². The first kappa shape index (κ1) is 24.6. The lowest BCUT2D eigenvalue weighted by molar-refractivity contribution is -0.137. The fourth-order valence-electron chi connectivity index (χ4n) is 4.36. The lowest BCUT2D eigenvalue weighted by Gasteiger charge is -2.37. The monoisotopic (exact) mass is 485 g/mol. The smallest absolute Gasteiger partial charge is 0.265 e. The number of nitrogens with two attached hydrogens (primary N) is 1. The Balaban J connectivity index is 1.22. The summed E-state index contributed by atoms with van der Waals surface area (Å²) in [6.45, 7) is 2.26. The van der Waals surface area contributed by atoms with E-state index in [2.05, 4.69) is 4.98 Å². The van der Waals surface area contributed by atoms with Gasteiger partial charge in [-0.05, 0) is 48.6 Å². The molecule has 4 rings (SSSR count). The molecule has 0 unspecified atom stereocenters. The van der Waals surface area contributed by atoms with E-state index in [1.807, 2.05) is 27.8 Å². The number of primary amides is 1. The number of alkyl halides is 2. The van der Waals surface area contributed by atoms with Gasteiger partial charge in [-0.15, -0.1) is 0 Å². The minimum absolute atomic E-state index is 0.0148. The van der Waals surface area contributed by atoms with Crippen LogP contribution in [-0.4, -0.2) is 65.7 Å². The summed E-state index contributed by atoms with van der Waals surface area (Å²) in [7, 11) is 1.78. The highest BCUT2D eigenvalue weighted by molar-refractivity contribution is 5.97. The highest BCUT2D eigenvalue weighted by Crippen LogP contribution is 2.24. The Hall–Kier alpha value is -3.53. The van der Waals surface area contributed by atoms with Gasteiger partial charge in [-0.2, -0.15) is 0 Å². The van der Waals surface area contributed by atoms with Crippen molar-refractivity contribution in [1.29, 1.82) is 0 Å². The van der Waals surface area contributed by atoms with Crippen molar-refractivity contribution in [1.82, 2.24) is 14.5 Å². The van der Waals surface area contributed by atoms with E-state index in [9.17, 15) is 18.4 Å². The third kappa shape index (κ3) is 5.76. The minimum Gasteiger partial charge on any atom is -0.370 e. The molecule has 10 heteroatoms. The van der Waals surface area contributed by atoms with Crippen LogP contribution in [0.1, 0.15) is 35.2 Å². The Morgan fingerprint density at radius 2 is 1.97 bits per heavy atom.